The molecule has 1 amide bonds. The second kappa shape index (κ2) is 6.92. The van der Waals surface area contributed by atoms with Gasteiger partial charge in [0.05, 0.1) is 6.04 Å². The molecule has 0 spiro atoms. The van der Waals surface area contributed by atoms with Gasteiger partial charge in [0.1, 0.15) is 5.69 Å². The van der Waals surface area contributed by atoms with E-state index in [0.717, 1.165) is 12.8 Å². The number of carbonyl (C=O) groups excluding carboxylic acids is 1. The van der Waals surface area contributed by atoms with Crippen LogP contribution in [0.25, 0.3) is 11.5 Å². The molecule has 134 valence electrons. The molecule has 0 radical (unpaired) electrons. The van der Waals surface area contributed by atoms with Crippen LogP contribution in [-0.4, -0.2) is 45.1 Å². The van der Waals surface area contributed by atoms with Gasteiger partial charge in [0.25, 0.3) is 0 Å². The molecular weight excluding hydrogens is 318 g/mol. The first kappa shape index (κ1) is 17.5. The van der Waals surface area contributed by atoms with Gasteiger partial charge in [-0.2, -0.15) is 4.98 Å². The van der Waals surface area contributed by atoms with Crippen LogP contribution in [0.1, 0.15) is 45.4 Å². The first-order valence-electron chi connectivity index (χ1n) is 8.65. The summed E-state index contributed by atoms with van der Waals surface area (Å²) in [5.41, 5.74) is 6.56. The van der Waals surface area contributed by atoms with Crippen LogP contribution in [-0.2, 0) is 4.79 Å². The quantitative estimate of drug-likeness (QED) is 0.917. The Bertz CT molecular complexity index is 715. The zero-order valence-corrected chi connectivity index (χ0v) is 15.0. The van der Waals surface area contributed by atoms with Gasteiger partial charge in [-0.3, -0.25) is 9.78 Å². The second-order valence-electron chi connectivity index (χ2n) is 7.61. The minimum atomic E-state index is -0.483. The van der Waals surface area contributed by atoms with Crippen molar-refractivity contribution in [1.82, 2.24) is 20.0 Å². The molecule has 1 aliphatic rings. The van der Waals surface area contributed by atoms with E-state index < -0.39 is 6.04 Å². The first-order chi connectivity index (χ1) is 11.9. The van der Waals surface area contributed by atoms with Gasteiger partial charge in [-0.05, 0) is 30.4 Å². The minimum Gasteiger partial charge on any atom is -0.341 e. The third-order valence-electron chi connectivity index (χ3n) is 4.69. The lowest BCUT2D eigenvalue weighted by Crippen LogP contribution is -2.52. The highest BCUT2D eigenvalue weighted by Crippen LogP contribution is 2.29. The van der Waals surface area contributed by atoms with E-state index in [-0.39, 0.29) is 17.2 Å². The molecule has 0 aliphatic carbocycles. The van der Waals surface area contributed by atoms with Crippen LogP contribution in [0.2, 0.25) is 0 Å². The standard InChI is InChI=1S/C18H25N5O2/c1-18(2,3)14(19)17(24)23-10-7-12(8-11-23)16-21-15(22-25-16)13-6-4-5-9-20-13/h4-6,9,12,14H,7-8,10-11,19H2,1-3H3/t14-/m1/s1. The highest BCUT2D eigenvalue weighted by atomic mass is 16.5. The van der Waals surface area contributed by atoms with Crippen molar-refractivity contribution in [3.63, 3.8) is 0 Å². The summed E-state index contributed by atoms with van der Waals surface area (Å²) in [5.74, 6) is 1.31. The average Bonchev–Trinajstić information content (AvgIpc) is 3.11. The van der Waals surface area contributed by atoms with Crippen molar-refractivity contribution >= 4 is 5.91 Å². The Morgan fingerprint density at radius 3 is 2.64 bits per heavy atom. The molecule has 0 saturated carbocycles. The SMILES string of the molecule is CC(C)(C)[C@H](N)C(=O)N1CCC(c2nc(-c3ccccn3)no2)CC1. The van der Waals surface area contributed by atoms with Gasteiger partial charge in [-0.1, -0.05) is 32.0 Å². The highest BCUT2D eigenvalue weighted by molar-refractivity contribution is 5.82. The summed E-state index contributed by atoms with van der Waals surface area (Å²) in [6.45, 7) is 7.28. The third-order valence-corrected chi connectivity index (χ3v) is 4.69. The number of pyridine rings is 1. The fraction of sp³-hybridized carbons (Fsp3) is 0.556. The van der Waals surface area contributed by atoms with E-state index in [1.54, 1.807) is 6.20 Å². The number of hydrogen-bond acceptors (Lipinski definition) is 6. The Morgan fingerprint density at radius 2 is 2.04 bits per heavy atom. The van der Waals surface area contributed by atoms with Gasteiger partial charge in [0.15, 0.2) is 0 Å². The van der Waals surface area contributed by atoms with Crippen molar-refractivity contribution < 1.29 is 9.32 Å². The molecule has 1 aliphatic heterocycles. The van der Waals surface area contributed by atoms with E-state index >= 15 is 0 Å². The molecule has 2 aromatic rings. The maximum Gasteiger partial charge on any atom is 0.240 e. The smallest absolute Gasteiger partial charge is 0.240 e. The Kier molecular flexibility index (Phi) is 4.85. The maximum atomic E-state index is 12.5. The van der Waals surface area contributed by atoms with Crippen molar-refractivity contribution in [1.29, 1.82) is 0 Å². The predicted molar refractivity (Wildman–Crippen MR) is 93.5 cm³/mol. The van der Waals surface area contributed by atoms with Crippen molar-refractivity contribution in [3.05, 3.63) is 30.3 Å². The Balaban J connectivity index is 1.62. The van der Waals surface area contributed by atoms with Crippen LogP contribution in [0, 0.1) is 5.41 Å². The van der Waals surface area contributed by atoms with E-state index in [9.17, 15) is 4.79 Å². The van der Waals surface area contributed by atoms with Crippen LogP contribution in [0.3, 0.4) is 0 Å². The molecule has 1 atom stereocenters. The Morgan fingerprint density at radius 1 is 1.32 bits per heavy atom. The molecule has 7 nitrogen and oxygen atoms in total. The number of piperidine rings is 1. The van der Waals surface area contributed by atoms with Gasteiger partial charge in [0.2, 0.25) is 17.6 Å². The van der Waals surface area contributed by atoms with Gasteiger partial charge in [-0.15, -0.1) is 0 Å². The summed E-state index contributed by atoms with van der Waals surface area (Å²) in [6, 6.07) is 5.10. The summed E-state index contributed by atoms with van der Waals surface area (Å²) >= 11 is 0. The molecule has 0 bridgehead atoms. The Labute approximate surface area is 147 Å². The molecule has 25 heavy (non-hydrogen) atoms. The molecule has 0 unspecified atom stereocenters. The monoisotopic (exact) mass is 343 g/mol. The topological polar surface area (TPSA) is 98.1 Å². The van der Waals surface area contributed by atoms with Crippen molar-refractivity contribution in [2.45, 2.75) is 45.6 Å². The molecular formula is C18H25N5O2. The fourth-order valence-electron chi connectivity index (χ4n) is 2.91. The predicted octanol–water partition coefficient (Wildman–Crippen LogP) is 2.21. The summed E-state index contributed by atoms with van der Waals surface area (Å²) in [7, 11) is 0. The number of carbonyl (C=O) groups is 1. The van der Waals surface area contributed by atoms with Crippen LogP contribution >= 0.6 is 0 Å². The Hall–Kier alpha value is -2.28. The second-order valence-corrected chi connectivity index (χ2v) is 7.61. The molecule has 3 rings (SSSR count). The molecule has 7 heteroatoms. The van der Waals surface area contributed by atoms with Crippen LogP contribution in [0.4, 0.5) is 0 Å². The molecule has 1 saturated heterocycles. The lowest BCUT2D eigenvalue weighted by atomic mass is 9.86. The summed E-state index contributed by atoms with van der Waals surface area (Å²) in [6.07, 6.45) is 3.30. The number of amides is 1. The number of nitrogens with zero attached hydrogens (tertiary/aromatic N) is 4. The van der Waals surface area contributed by atoms with Gasteiger partial charge in [-0.25, -0.2) is 0 Å². The normalized spacial score (nSPS) is 17.5. The van der Waals surface area contributed by atoms with Gasteiger partial charge >= 0.3 is 0 Å². The number of hydrogen-bond donors (Lipinski definition) is 1. The number of nitrogens with two attached hydrogens (primary N) is 1. The van der Waals surface area contributed by atoms with Gasteiger partial charge in [0, 0.05) is 25.2 Å². The van der Waals surface area contributed by atoms with Crippen molar-refractivity contribution in [3.8, 4) is 11.5 Å². The van der Waals surface area contributed by atoms with Crippen LogP contribution in [0.5, 0.6) is 0 Å². The largest absolute Gasteiger partial charge is 0.341 e. The van der Waals surface area contributed by atoms with E-state index in [0.29, 0.717) is 30.5 Å². The molecule has 3 heterocycles. The minimum absolute atomic E-state index is 0.0191. The summed E-state index contributed by atoms with van der Waals surface area (Å²) < 4.78 is 5.43. The third kappa shape index (κ3) is 3.87. The number of rotatable bonds is 3. The number of likely N-dealkylation sites (tertiary alicyclic amines) is 1. The average molecular weight is 343 g/mol. The first-order valence-corrected chi connectivity index (χ1v) is 8.65. The fourth-order valence-corrected chi connectivity index (χ4v) is 2.91. The zero-order chi connectivity index (χ0) is 18.0. The maximum absolute atomic E-state index is 12.5. The van der Waals surface area contributed by atoms with E-state index in [4.69, 9.17) is 10.3 Å². The number of aromatic nitrogens is 3. The van der Waals surface area contributed by atoms with Crippen molar-refractivity contribution in [2.75, 3.05) is 13.1 Å². The summed E-state index contributed by atoms with van der Waals surface area (Å²) in [4.78, 5) is 23.1. The van der Waals surface area contributed by atoms with E-state index in [1.165, 1.54) is 0 Å². The highest BCUT2D eigenvalue weighted by Gasteiger charge is 2.34. The van der Waals surface area contributed by atoms with E-state index in [2.05, 4.69) is 15.1 Å². The molecule has 0 aromatic carbocycles. The zero-order valence-electron chi connectivity index (χ0n) is 15.0. The van der Waals surface area contributed by atoms with Crippen molar-refractivity contribution in [2.24, 2.45) is 11.1 Å². The molecule has 2 aromatic heterocycles. The molecule has 1 fully saturated rings. The molecule has 2 N–H and O–H groups in total. The van der Waals surface area contributed by atoms with E-state index in [1.807, 2.05) is 43.9 Å². The lowest BCUT2D eigenvalue weighted by Gasteiger charge is -2.35. The summed E-state index contributed by atoms with van der Waals surface area (Å²) in [5, 5.41) is 4.03. The lowest BCUT2D eigenvalue weighted by molar-refractivity contribution is -0.136. The van der Waals surface area contributed by atoms with Gasteiger partial charge < -0.3 is 15.2 Å². The van der Waals surface area contributed by atoms with Crippen LogP contribution in [0.15, 0.2) is 28.9 Å². The van der Waals surface area contributed by atoms with Crippen LogP contribution < -0.4 is 5.73 Å².